The molecule has 9 aliphatic rings. The molecule has 13 heterocycles. The molecule has 21 rings (SSSR count). The van der Waals surface area contributed by atoms with Gasteiger partial charge < -0.3 is 53.4 Å². The molecule has 4 aromatic heterocycles. The van der Waals surface area contributed by atoms with Gasteiger partial charge in [-0.1, -0.05) is 37.9 Å². The number of piperazine rings is 4. The smallest absolute Gasteiger partial charge is 0.350 e. The number of aromatic nitrogens is 8. The number of ketones is 1. The van der Waals surface area contributed by atoms with Gasteiger partial charge in [0.15, 0.2) is 0 Å². The second-order valence-corrected chi connectivity index (χ2v) is 42.7. The Bertz CT molecular complexity index is 7270. The maximum atomic E-state index is 15.0. The first-order chi connectivity index (χ1) is 71.4. The molecule has 4 amide bonds. The minimum Gasteiger partial charge on any atom is -0.379 e. The van der Waals surface area contributed by atoms with Crippen LogP contribution in [0.15, 0.2) is 186 Å². The third kappa shape index (κ3) is 20.4. The average Bonchev–Trinajstić information content (AvgIpc) is 1.72. The summed E-state index contributed by atoms with van der Waals surface area (Å²) in [7, 11) is 4.77. The number of hydrogen-bond donors (Lipinski definition) is 0. The van der Waals surface area contributed by atoms with Crippen molar-refractivity contribution < 1.29 is 73.3 Å². The molecule has 41 heteroatoms. The number of halogens is 9. The number of carbonyl (C=O) groups is 5. The predicted octanol–water partition coefficient (Wildman–Crippen LogP) is 16.4. The molecular weight excluding hydrogens is 2030 g/mol. The van der Waals surface area contributed by atoms with Crippen molar-refractivity contribution in [2.45, 2.75) is 155 Å². The van der Waals surface area contributed by atoms with Crippen LogP contribution in [0.3, 0.4) is 0 Å². The van der Waals surface area contributed by atoms with Crippen LogP contribution in [0.25, 0.3) is 88.1 Å². The van der Waals surface area contributed by atoms with Crippen LogP contribution in [0.2, 0.25) is 5.02 Å². The monoisotopic (exact) mass is 2130 g/mol. The number of aryl methyl sites for hydroxylation is 4. The van der Waals surface area contributed by atoms with Crippen molar-refractivity contribution in [1.82, 2.24) is 57.8 Å². The number of amides is 4. The molecule has 5 fully saturated rings. The van der Waals surface area contributed by atoms with Gasteiger partial charge in [-0.05, 0) is 168 Å². The maximum absolute atomic E-state index is 15.0. The summed E-state index contributed by atoms with van der Waals surface area (Å²) >= 11 is 12.8. The van der Waals surface area contributed by atoms with Crippen LogP contribution < -0.4 is 42.4 Å². The zero-order valence-electron chi connectivity index (χ0n) is 83.1. The van der Waals surface area contributed by atoms with Crippen LogP contribution in [0.4, 0.5) is 58.4 Å². The van der Waals surface area contributed by atoms with Gasteiger partial charge in [-0.2, -0.15) is 19.9 Å². The van der Waals surface area contributed by atoms with E-state index in [1.54, 1.807) is 77.0 Å². The fourth-order valence-electron chi connectivity index (χ4n) is 21.7. The number of hydrogen-bond acceptors (Lipinski definition) is 24. The van der Waals surface area contributed by atoms with E-state index in [0.29, 0.717) is 187 Å². The molecule has 778 valence electrons. The van der Waals surface area contributed by atoms with E-state index in [-0.39, 0.29) is 125 Å². The van der Waals surface area contributed by atoms with Crippen molar-refractivity contribution >= 4 is 155 Å². The molecule has 2 unspecified atom stereocenters. The van der Waals surface area contributed by atoms with Crippen LogP contribution in [0.1, 0.15) is 56.7 Å². The second kappa shape index (κ2) is 43.9. The summed E-state index contributed by atoms with van der Waals surface area (Å²) in [6.45, 7) is 32.3. The molecule has 149 heavy (non-hydrogen) atoms. The maximum Gasteiger partial charge on any atom is 0.350 e. The van der Waals surface area contributed by atoms with Gasteiger partial charge >= 0.3 is 22.8 Å². The summed E-state index contributed by atoms with van der Waals surface area (Å²) in [6.07, 6.45) is 5.64. The largest absolute Gasteiger partial charge is 0.379 e. The standard InChI is InChI=1S/C28H26F2N4O3S.2C27H28F2N4O3S.C26H25ClF2N4O3S/c1-3-23(36)34-17-11-19(35)12-18(34)14-32(13-17)27-21-9-15(2)24(20-6-5-16(29)10-22(20)30)26-25(21)33(28(37)31-27)7-4-8-38-26;2*1-5-22(34)31-8-9-32(16(3)12-31)26-20-10-15(2)23(19-7-6-17(28)11-21(19)29)25-24(20)33(27(35)30-26)13-18(36-4)14-37-25;1-4-21(34)31-7-8-32(14(2)11-31)25-18-10-19(27)22(17-6-5-15(28)9-20(17)29)24-23(18)33(26(35)30-25)12-16(36-3)13-37-24/h3,5-6,9-10,17-18H,1,4,7-8,11-14H2,2H3;2*5-7,10-11,16,18H,1,8-9,12-14H2,2-4H3;4-6,9-10,14,16H,1,7-8,11-13H2,2-3H3/t;16-,18+;16-,18-;14-,16-/m.000/s1. The van der Waals surface area contributed by atoms with Crippen molar-refractivity contribution in [2.24, 2.45) is 0 Å². The lowest BCUT2D eigenvalue weighted by molar-refractivity contribution is -0.139. The van der Waals surface area contributed by atoms with Gasteiger partial charge in [-0.15, -0.1) is 47.0 Å². The summed E-state index contributed by atoms with van der Waals surface area (Å²) < 4.78 is 138. The Labute approximate surface area is 873 Å². The van der Waals surface area contributed by atoms with Crippen molar-refractivity contribution in [1.29, 1.82) is 0 Å². The average molecular weight is 2140 g/mol. The zero-order valence-corrected chi connectivity index (χ0v) is 87.2. The highest BCUT2D eigenvalue weighted by Crippen LogP contribution is 2.52. The summed E-state index contributed by atoms with van der Waals surface area (Å²) in [4.78, 5) is 151. The van der Waals surface area contributed by atoms with Gasteiger partial charge in [-0.25, -0.2) is 54.3 Å². The molecule has 0 N–H and O–H groups in total. The SMILES string of the molecule is C=CC(=O)N1C2CC(=O)CC1CN(c1nc(=O)n3c4c(c(-c5ccc(F)cc5F)c(C)cc14)SCCC3)C2.C=CC(=O)N1CCN(c2nc(=O)n3c4c(c(-c5ccc(F)cc5F)c(C)cc24)SC[C@@H](OC)C3)[C@@H](C)C1.C=CC(=O)N1CCN(c2nc(=O)n3c4c(c(-c5ccc(F)cc5F)c(C)cc24)SC[C@H](OC)C3)[C@@H](C)C1.C=CC(=O)N1CCN(c2nc(=O)n3c4c(c(-c5ccc(F)cc5F)c(Cl)cc24)SC[C@@H](OC)C3)[C@@H](C)C1. The van der Waals surface area contributed by atoms with Crippen LogP contribution in [0, 0.1) is 67.3 Å². The Kier molecular flexibility index (Phi) is 31.2. The minimum atomic E-state index is -0.745. The van der Waals surface area contributed by atoms with E-state index in [9.17, 15) is 69.5 Å². The molecule has 0 radical (unpaired) electrons. The highest BCUT2D eigenvalue weighted by Gasteiger charge is 2.45. The number of rotatable bonds is 15. The lowest BCUT2D eigenvalue weighted by Crippen LogP contribution is -2.64. The molecular formula is C108H107ClF8N16O12S4. The lowest BCUT2D eigenvalue weighted by atomic mass is 9.89. The van der Waals surface area contributed by atoms with E-state index in [2.05, 4.69) is 56.1 Å². The summed E-state index contributed by atoms with van der Waals surface area (Å²) in [6, 6.07) is 20.5. The Morgan fingerprint density at radius 1 is 0.376 bits per heavy atom. The highest BCUT2D eigenvalue weighted by molar-refractivity contribution is 8.00. The van der Waals surface area contributed by atoms with Gasteiger partial charge in [0.05, 0.1) is 77.1 Å². The Morgan fingerprint density at radius 2 is 0.678 bits per heavy atom. The van der Waals surface area contributed by atoms with E-state index >= 15 is 8.78 Å². The second-order valence-electron chi connectivity index (χ2n) is 38.1. The number of nitrogens with zero attached hydrogens (tertiary/aromatic N) is 16. The molecule has 9 aliphatic heterocycles. The van der Waals surface area contributed by atoms with Gasteiger partial charge in [0.25, 0.3) is 0 Å². The van der Waals surface area contributed by atoms with Crippen LogP contribution in [-0.4, -0.2) is 252 Å². The molecule has 8 aromatic carbocycles. The number of methoxy groups -OCH3 is 3. The number of Topliss-reactive ketones (excluding diaryl/α,β-unsaturated/α-hetero) is 1. The van der Waals surface area contributed by atoms with Crippen LogP contribution in [0.5, 0.6) is 0 Å². The zero-order chi connectivity index (χ0) is 106. The molecule has 2 bridgehead atoms. The molecule has 0 aliphatic carbocycles. The third-order valence-corrected chi connectivity index (χ3v) is 33.9. The fraction of sp³-hybridized carbons (Fsp3) is 0.361. The van der Waals surface area contributed by atoms with Crippen LogP contribution in [-0.2, 0) is 64.4 Å². The number of fused-ring (bicyclic) bond motifs is 2. The molecule has 0 spiro atoms. The Hall–Kier alpha value is -13.0. The van der Waals surface area contributed by atoms with Crippen molar-refractivity contribution in [3.8, 4) is 44.5 Å². The van der Waals surface area contributed by atoms with E-state index in [0.717, 1.165) is 84.0 Å². The predicted molar refractivity (Wildman–Crippen MR) is 566 cm³/mol. The number of thioether (sulfide) groups is 4. The van der Waals surface area contributed by atoms with Gasteiger partial charge in [0.2, 0.25) is 23.6 Å². The summed E-state index contributed by atoms with van der Waals surface area (Å²) in [5, 5.41) is 3.23. The van der Waals surface area contributed by atoms with Crippen molar-refractivity contribution in [3.05, 3.63) is 258 Å². The third-order valence-electron chi connectivity index (χ3n) is 28.8. The highest BCUT2D eigenvalue weighted by atomic mass is 35.5. The van der Waals surface area contributed by atoms with Gasteiger partial charge in [-0.3, -0.25) is 42.2 Å². The Balaban J connectivity index is 0.000000130. The quantitative estimate of drug-likeness (QED) is 0.0681. The topological polar surface area (TPSA) is 279 Å². The summed E-state index contributed by atoms with van der Waals surface area (Å²) in [5.41, 5.74) is 6.59. The number of ether oxygens (including phenoxy) is 3. The number of carbonyl (C=O) groups excluding carboxylic acids is 5. The van der Waals surface area contributed by atoms with Crippen molar-refractivity contribution in [3.63, 3.8) is 0 Å². The van der Waals surface area contributed by atoms with Gasteiger partial charge in [0.1, 0.15) is 75.6 Å². The number of benzene rings is 8. The number of piperidine rings is 1. The van der Waals surface area contributed by atoms with E-state index < -0.39 is 69.3 Å². The number of anilines is 4. The first-order valence-corrected chi connectivity index (χ1v) is 53.0. The van der Waals surface area contributed by atoms with Crippen molar-refractivity contribution in [2.75, 3.05) is 136 Å². The normalized spacial score (nSPS) is 20.0. The Morgan fingerprint density at radius 3 is 1.01 bits per heavy atom. The molecule has 0 saturated carbocycles. The van der Waals surface area contributed by atoms with Gasteiger partial charge in [0, 0.05) is 258 Å². The molecule has 28 nitrogen and oxygen atoms in total. The fourth-order valence-corrected chi connectivity index (χ4v) is 27.3. The van der Waals surface area contributed by atoms with E-state index in [1.807, 2.05) is 69.5 Å². The first-order valence-electron chi connectivity index (χ1n) is 48.6. The van der Waals surface area contributed by atoms with E-state index in [1.165, 1.54) is 108 Å². The molecule has 5 saturated heterocycles. The van der Waals surface area contributed by atoms with E-state index in [4.69, 9.17) is 25.8 Å². The first kappa shape index (κ1) is 106. The minimum absolute atomic E-state index is 0.0916. The molecule has 8 atom stereocenters. The summed E-state index contributed by atoms with van der Waals surface area (Å²) in [5.74, 6) is -1.45. The lowest BCUT2D eigenvalue weighted by Gasteiger charge is -2.49. The molecule has 12 aromatic rings. The van der Waals surface area contributed by atoms with Crippen LogP contribution >= 0.6 is 58.6 Å².